The molecule has 2 aliphatic heterocycles. The average molecular weight is 334 g/mol. The zero-order valence-corrected chi connectivity index (χ0v) is 14.1. The summed E-state index contributed by atoms with van der Waals surface area (Å²) >= 11 is 0. The van der Waals surface area contributed by atoms with Gasteiger partial charge in [0.15, 0.2) is 0 Å². The molecule has 2 aromatic rings. The van der Waals surface area contributed by atoms with Gasteiger partial charge in [-0.2, -0.15) is 0 Å². The summed E-state index contributed by atoms with van der Waals surface area (Å²) in [5.74, 6) is 0.728. The Labute approximate surface area is 143 Å². The van der Waals surface area contributed by atoms with Crippen molar-refractivity contribution < 1.29 is 4.42 Å². The van der Waals surface area contributed by atoms with Crippen LogP contribution in [0.4, 0.5) is 0 Å². The molecule has 4 rings (SSSR count). The van der Waals surface area contributed by atoms with Gasteiger partial charge in [-0.3, -0.25) is 4.90 Å². The Hall–Kier alpha value is -1.36. The van der Waals surface area contributed by atoms with E-state index in [4.69, 9.17) is 4.42 Å². The van der Waals surface area contributed by atoms with Crippen molar-refractivity contribution >= 4 is 12.4 Å². The van der Waals surface area contributed by atoms with Gasteiger partial charge in [0.1, 0.15) is 6.26 Å². The molecule has 1 N–H and O–H groups in total. The zero-order chi connectivity index (χ0) is 14.8. The molecule has 1 spiro atoms. The van der Waals surface area contributed by atoms with Crippen molar-refractivity contribution in [3.63, 3.8) is 0 Å². The van der Waals surface area contributed by atoms with Crippen LogP contribution in [0.25, 0.3) is 11.5 Å². The third-order valence-electron chi connectivity index (χ3n) is 5.14. The standard InChI is InChI=1S/C18H23N3O.ClH/c1-2-4-15(5-3-1)17-20-16(13-22-17)12-21-11-8-18(14-21)6-9-19-10-7-18;/h1-5,13,19H,6-12,14H2;1H. The van der Waals surface area contributed by atoms with Gasteiger partial charge < -0.3 is 9.73 Å². The number of nitrogens with one attached hydrogen (secondary N) is 1. The predicted octanol–water partition coefficient (Wildman–Crippen LogP) is 3.34. The van der Waals surface area contributed by atoms with Gasteiger partial charge in [0.25, 0.3) is 0 Å². The molecule has 0 saturated carbocycles. The zero-order valence-electron chi connectivity index (χ0n) is 13.3. The molecule has 3 heterocycles. The van der Waals surface area contributed by atoms with Crippen molar-refractivity contribution in [2.75, 3.05) is 26.2 Å². The highest BCUT2D eigenvalue weighted by Crippen LogP contribution is 2.39. The van der Waals surface area contributed by atoms with Gasteiger partial charge >= 0.3 is 0 Å². The number of hydrogen-bond acceptors (Lipinski definition) is 4. The SMILES string of the molecule is Cl.c1ccc(-c2nc(CN3CCC4(CCNCC4)C3)co2)cc1. The van der Waals surface area contributed by atoms with E-state index < -0.39 is 0 Å². The summed E-state index contributed by atoms with van der Waals surface area (Å²) in [7, 11) is 0. The van der Waals surface area contributed by atoms with Crippen LogP contribution in [0.1, 0.15) is 25.0 Å². The Balaban J connectivity index is 0.00000156. The second-order valence-electron chi connectivity index (χ2n) is 6.72. The normalized spacial score (nSPS) is 20.5. The Bertz CT molecular complexity index is 622. The maximum atomic E-state index is 5.65. The van der Waals surface area contributed by atoms with Crippen LogP contribution in [0, 0.1) is 5.41 Å². The number of rotatable bonds is 3. The van der Waals surface area contributed by atoms with Crippen molar-refractivity contribution in [3.8, 4) is 11.5 Å². The first kappa shape index (κ1) is 16.5. The first-order valence-corrected chi connectivity index (χ1v) is 8.26. The summed E-state index contributed by atoms with van der Waals surface area (Å²) < 4.78 is 5.65. The summed E-state index contributed by atoms with van der Waals surface area (Å²) in [6.45, 7) is 5.66. The van der Waals surface area contributed by atoms with Gasteiger partial charge in [-0.1, -0.05) is 18.2 Å². The number of likely N-dealkylation sites (tertiary alicyclic amines) is 1. The van der Waals surface area contributed by atoms with E-state index in [0.29, 0.717) is 5.41 Å². The molecule has 0 amide bonds. The lowest BCUT2D eigenvalue weighted by Gasteiger charge is -2.33. The van der Waals surface area contributed by atoms with Crippen LogP contribution in [-0.4, -0.2) is 36.1 Å². The molecule has 1 aromatic heterocycles. The number of halogens is 1. The Morgan fingerprint density at radius 1 is 1.13 bits per heavy atom. The highest BCUT2D eigenvalue weighted by atomic mass is 35.5. The quantitative estimate of drug-likeness (QED) is 0.935. The van der Waals surface area contributed by atoms with E-state index in [0.717, 1.165) is 23.7 Å². The summed E-state index contributed by atoms with van der Waals surface area (Å²) in [6, 6.07) is 10.1. The van der Waals surface area contributed by atoms with Crippen LogP contribution in [0.3, 0.4) is 0 Å². The number of benzene rings is 1. The first-order valence-electron chi connectivity index (χ1n) is 8.26. The molecule has 4 nitrogen and oxygen atoms in total. The third kappa shape index (κ3) is 3.60. The first-order chi connectivity index (χ1) is 10.8. The van der Waals surface area contributed by atoms with Gasteiger partial charge in [-0.25, -0.2) is 4.98 Å². The molecule has 0 aliphatic carbocycles. The van der Waals surface area contributed by atoms with Crippen molar-refractivity contribution in [1.29, 1.82) is 0 Å². The fourth-order valence-corrected chi connectivity index (χ4v) is 3.85. The van der Waals surface area contributed by atoms with Crippen LogP contribution in [0.2, 0.25) is 0 Å². The number of hydrogen-bond donors (Lipinski definition) is 1. The Morgan fingerprint density at radius 3 is 2.70 bits per heavy atom. The largest absolute Gasteiger partial charge is 0.444 e. The number of piperidine rings is 1. The Kier molecular flexibility index (Phi) is 5.05. The minimum atomic E-state index is 0. The van der Waals surface area contributed by atoms with Crippen molar-refractivity contribution in [2.45, 2.75) is 25.8 Å². The minimum Gasteiger partial charge on any atom is -0.444 e. The highest BCUT2D eigenvalue weighted by Gasteiger charge is 2.38. The molecule has 23 heavy (non-hydrogen) atoms. The monoisotopic (exact) mass is 333 g/mol. The second-order valence-corrected chi connectivity index (χ2v) is 6.72. The maximum absolute atomic E-state index is 5.65. The maximum Gasteiger partial charge on any atom is 0.226 e. The molecular weight excluding hydrogens is 310 g/mol. The van der Waals surface area contributed by atoms with Crippen molar-refractivity contribution in [2.24, 2.45) is 5.41 Å². The summed E-state index contributed by atoms with van der Waals surface area (Å²) in [4.78, 5) is 7.20. The lowest BCUT2D eigenvalue weighted by atomic mass is 9.78. The lowest BCUT2D eigenvalue weighted by Crippen LogP contribution is -2.38. The minimum absolute atomic E-state index is 0. The average Bonchev–Trinajstić information content (AvgIpc) is 3.17. The number of nitrogens with zero attached hydrogens (tertiary/aromatic N) is 2. The van der Waals surface area contributed by atoms with Crippen LogP contribution in [-0.2, 0) is 6.54 Å². The van der Waals surface area contributed by atoms with Crippen LogP contribution < -0.4 is 5.32 Å². The molecule has 2 aliphatic rings. The van der Waals surface area contributed by atoms with Gasteiger partial charge in [0.2, 0.25) is 5.89 Å². The molecule has 2 saturated heterocycles. The molecule has 0 atom stereocenters. The van der Waals surface area contributed by atoms with Gasteiger partial charge in [0.05, 0.1) is 5.69 Å². The van der Waals surface area contributed by atoms with Crippen molar-refractivity contribution in [3.05, 3.63) is 42.3 Å². The van der Waals surface area contributed by atoms with E-state index in [9.17, 15) is 0 Å². The van der Waals surface area contributed by atoms with E-state index in [1.807, 2.05) is 36.6 Å². The molecular formula is C18H24ClN3O. The van der Waals surface area contributed by atoms with Crippen LogP contribution in [0.5, 0.6) is 0 Å². The van der Waals surface area contributed by atoms with E-state index in [2.05, 4.69) is 15.2 Å². The van der Waals surface area contributed by atoms with E-state index in [1.54, 1.807) is 0 Å². The molecule has 2 fully saturated rings. The summed E-state index contributed by atoms with van der Waals surface area (Å²) in [5.41, 5.74) is 2.65. The topological polar surface area (TPSA) is 41.3 Å². The molecule has 5 heteroatoms. The number of aromatic nitrogens is 1. The summed E-state index contributed by atoms with van der Waals surface area (Å²) in [6.07, 6.45) is 5.78. The molecule has 124 valence electrons. The van der Waals surface area contributed by atoms with Crippen molar-refractivity contribution in [1.82, 2.24) is 15.2 Å². The van der Waals surface area contributed by atoms with Gasteiger partial charge in [-0.15, -0.1) is 12.4 Å². The third-order valence-corrected chi connectivity index (χ3v) is 5.14. The molecule has 0 radical (unpaired) electrons. The molecule has 1 aromatic carbocycles. The highest BCUT2D eigenvalue weighted by molar-refractivity contribution is 5.85. The Morgan fingerprint density at radius 2 is 1.91 bits per heavy atom. The lowest BCUT2D eigenvalue weighted by molar-refractivity contribution is 0.193. The predicted molar refractivity (Wildman–Crippen MR) is 93.6 cm³/mol. The molecule has 0 unspecified atom stereocenters. The second kappa shape index (κ2) is 7.04. The van der Waals surface area contributed by atoms with Crippen LogP contribution in [0.15, 0.2) is 41.0 Å². The van der Waals surface area contributed by atoms with E-state index >= 15 is 0 Å². The van der Waals surface area contributed by atoms with E-state index in [1.165, 1.54) is 45.4 Å². The smallest absolute Gasteiger partial charge is 0.226 e. The fourth-order valence-electron chi connectivity index (χ4n) is 3.85. The number of oxazole rings is 1. The van der Waals surface area contributed by atoms with Gasteiger partial charge in [-0.05, 0) is 56.4 Å². The summed E-state index contributed by atoms with van der Waals surface area (Å²) in [5, 5.41) is 3.48. The fraction of sp³-hybridized carbons (Fsp3) is 0.500. The van der Waals surface area contributed by atoms with Gasteiger partial charge in [0, 0.05) is 18.7 Å². The van der Waals surface area contributed by atoms with Crippen LogP contribution >= 0.6 is 12.4 Å². The van der Waals surface area contributed by atoms with E-state index in [-0.39, 0.29) is 12.4 Å². The molecule has 0 bridgehead atoms.